The third-order valence-corrected chi connectivity index (χ3v) is 3.44. The molecule has 6 heteroatoms. The van der Waals surface area contributed by atoms with Gasteiger partial charge in [-0.05, 0) is 43.2 Å². The number of non-ortho nitro benzene ring substituents is 1. The number of anilines is 1. The number of ether oxygens (including phenoxy) is 1. The lowest BCUT2D eigenvalue weighted by Gasteiger charge is -2.11. The Morgan fingerprint density at radius 3 is 2.30 bits per heavy atom. The molecule has 0 atom stereocenters. The monoisotopic (exact) mass is 292 g/mol. The lowest BCUT2D eigenvalue weighted by molar-refractivity contribution is -0.384. The summed E-state index contributed by atoms with van der Waals surface area (Å²) in [6.45, 7) is 3.75. The predicted octanol–water partition coefficient (Wildman–Crippen LogP) is 4.24. The average Bonchev–Trinajstić information content (AvgIpc) is 2.38. The summed E-state index contributed by atoms with van der Waals surface area (Å²) in [5.74, 6) is 0.960. The summed E-state index contributed by atoms with van der Waals surface area (Å²) in [5.41, 5.74) is 7.68. The molecule has 2 rings (SSSR count). The van der Waals surface area contributed by atoms with Crippen LogP contribution in [0.5, 0.6) is 11.5 Å². The molecule has 0 unspecified atom stereocenters. The van der Waals surface area contributed by atoms with E-state index in [2.05, 4.69) is 0 Å². The molecule has 0 radical (unpaired) electrons. The van der Waals surface area contributed by atoms with Crippen molar-refractivity contribution in [1.29, 1.82) is 0 Å². The van der Waals surface area contributed by atoms with Crippen LogP contribution in [0.2, 0.25) is 5.02 Å². The first kappa shape index (κ1) is 14.1. The summed E-state index contributed by atoms with van der Waals surface area (Å²) < 4.78 is 5.65. The molecule has 0 aliphatic heterocycles. The van der Waals surface area contributed by atoms with Gasteiger partial charge < -0.3 is 10.5 Å². The second-order valence-electron chi connectivity index (χ2n) is 4.45. The first-order valence-corrected chi connectivity index (χ1v) is 6.25. The van der Waals surface area contributed by atoms with Crippen molar-refractivity contribution in [3.8, 4) is 11.5 Å². The van der Waals surface area contributed by atoms with Gasteiger partial charge in [0.25, 0.3) is 5.69 Å². The standard InChI is InChI=1S/C14H13ClN2O3/c1-8-5-11(6-9(2)14(8)15)20-13-4-3-10(17(18)19)7-12(13)16/h3-7H,16H2,1-2H3. The van der Waals surface area contributed by atoms with Gasteiger partial charge in [-0.1, -0.05) is 11.6 Å². The van der Waals surface area contributed by atoms with Crippen molar-refractivity contribution in [3.63, 3.8) is 0 Å². The van der Waals surface area contributed by atoms with Crippen LogP contribution in [0.15, 0.2) is 30.3 Å². The number of halogens is 1. The minimum atomic E-state index is -0.503. The van der Waals surface area contributed by atoms with Gasteiger partial charge in [0.2, 0.25) is 0 Å². The molecule has 0 heterocycles. The van der Waals surface area contributed by atoms with E-state index >= 15 is 0 Å². The van der Waals surface area contributed by atoms with Gasteiger partial charge in [0.05, 0.1) is 10.6 Å². The molecule has 0 amide bonds. The molecule has 5 nitrogen and oxygen atoms in total. The number of nitrogens with zero attached hydrogens (tertiary/aromatic N) is 1. The van der Waals surface area contributed by atoms with Gasteiger partial charge in [0.1, 0.15) is 5.75 Å². The van der Waals surface area contributed by atoms with E-state index in [0.717, 1.165) is 11.1 Å². The molecule has 0 bridgehead atoms. The average molecular weight is 293 g/mol. The Labute approximate surface area is 121 Å². The van der Waals surface area contributed by atoms with Crippen LogP contribution in [-0.4, -0.2) is 4.92 Å². The summed E-state index contributed by atoms with van der Waals surface area (Å²) in [6, 6.07) is 7.67. The topological polar surface area (TPSA) is 78.4 Å². The molecule has 0 aromatic heterocycles. The third kappa shape index (κ3) is 2.83. The number of hydrogen-bond acceptors (Lipinski definition) is 4. The molecule has 0 aliphatic rings. The number of rotatable bonds is 3. The highest BCUT2D eigenvalue weighted by atomic mass is 35.5. The van der Waals surface area contributed by atoms with Crippen LogP contribution in [-0.2, 0) is 0 Å². The molecule has 2 N–H and O–H groups in total. The molecule has 0 spiro atoms. The molecule has 0 fully saturated rings. The second-order valence-corrected chi connectivity index (χ2v) is 4.83. The van der Waals surface area contributed by atoms with Gasteiger partial charge in [0.15, 0.2) is 5.75 Å². The Morgan fingerprint density at radius 2 is 1.80 bits per heavy atom. The maximum absolute atomic E-state index is 10.6. The zero-order valence-corrected chi connectivity index (χ0v) is 11.8. The predicted molar refractivity (Wildman–Crippen MR) is 78.5 cm³/mol. The van der Waals surface area contributed by atoms with Crippen molar-refractivity contribution < 1.29 is 9.66 Å². The minimum Gasteiger partial charge on any atom is -0.455 e. The number of aryl methyl sites for hydroxylation is 2. The maximum Gasteiger partial charge on any atom is 0.271 e. The van der Waals surface area contributed by atoms with Crippen LogP contribution < -0.4 is 10.5 Å². The Hall–Kier alpha value is -2.27. The van der Waals surface area contributed by atoms with E-state index in [1.807, 2.05) is 13.8 Å². The van der Waals surface area contributed by atoms with Gasteiger partial charge in [-0.15, -0.1) is 0 Å². The molecule has 0 aliphatic carbocycles. The minimum absolute atomic E-state index is 0.0710. The van der Waals surface area contributed by atoms with Crippen molar-refractivity contribution in [2.75, 3.05) is 5.73 Å². The number of hydrogen-bond donors (Lipinski definition) is 1. The van der Waals surface area contributed by atoms with E-state index in [4.69, 9.17) is 22.1 Å². The van der Waals surface area contributed by atoms with Crippen LogP contribution in [0, 0.1) is 24.0 Å². The van der Waals surface area contributed by atoms with Crippen molar-refractivity contribution in [3.05, 3.63) is 56.6 Å². The highest BCUT2D eigenvalue weighted by molar-refractivity contribution is 6.32. The van der Waals surface area contributed by atoms with E-state index in [-0.39, 0.29) is 11.4 Å². The van der Waals surface area contributed by atoms with Crippen molar-refractivity contribution in [2.24, 2.45) is 0 Å². The lowest BCUT2D eigenvalue weighted by Crippen LogP contribution is -1.95. The zero-order chi connectivity index (χ0) is 14.9. The third-order valence-electron chi connectivity index (χ3n) is 2.84. The molecular weight excluding hydrogens is 280 g/mol. The highest BCUT2D eigenvalue weighted by Gasteiger charge is 2.11. The van der Waals surface area contributed by atoms with Crippen LogP contribution in [0.3, 0.4) is 0 Å². The number of benzene rings is 2. The van der Waals surface area contributed by atoms with Gasteiger partial charge >= 0.3 is 0 Å². The van der Waals surface area contributed by atoms with Crippen molar-refractivity contribution in [2.45, 2.75) is 13.8 Å². The Bertz CT molecular complexity index is 663. The van der Waals surface area contributed by atoms with Gasteiger partial charge in [-0.25, -0.2) is 0 Å². The fraction of sp³-hybridized carbons (Fsp3) is 0.143. The van der Waals surface area contributed by atoms with E-state index in [0.29, 0.717) is 16.5 Å². The van der Waals surface area contributed by atoms with Gasteiger partial charge in [0, 0.05) is 17.2 Å². The molecule has 104 valence electrons. The molecule has 0 saturated carbocycles. The second kappa shape index (κ2) is 5.38. The van der Waals surface area contributed by atoms with E-state index in [1.54, 1.807) is 12.1 Å². The van der Waals surface area contributed by atoms with Crippen molar-refractivity contribution in [1.82, 2.24) is 0 Å². The number of nitro benzene ring substituents is 1. The van der Waals surface area contributed by atoms with Gasteiger partial charge in [-0.2, -0.15) is 0 Å². The first-order valence-electron chi connectivity index (χ1n) is 5.87. The molecular formula is C14H13ClN2O3. The number of nitrogens with two attached hydrogens (primary N) is 1. The van der Waals surface area contributed by atoms with Gasteiger partial charge in [-0.3, -0.25) is 10.1 Å². The van der Waals surface area contributed by atoms with E-state index in [1.165, 1.54) is 18.2 Å². The lowest BCUT2D eigenvalue weighted by atomic mass is 10.1. The number of nitro groups is 1. The molecule has 20 heavy (non-hydrogen) atoms. The Balaban J connectivity index is 2.33. The molecule has 2 aromatic rings. The summed E-state index contributed by atoms with van der Waals surface area (Å²) >= 11 is 6.08. The summed E-state index contributed by atoms with van der Waals surface area (Å²) in [6.07, 6.45) is 0. The summed E-state index contributed by atoms with van der Waals surface area (Å²) in [4.78, 5) is 10.1. The Morgan fingerprint density at radius 1 is 1.20 bits per heavy atom. The normalized spacial score (nSPS) is 10.3. The SMILES string of the molecule is Cc1cc(Oc2ccc([N+](=O)[O-])cc2N)cc(C)c1Cl. The molecule has 0 saturated heterocycles. The van der Waals surface area contributed by atoms with E-state index < -0.39 is 4.92 Å². The van der Waals surface area contributed by atoms with Crippen LogP contribution in [0.25, 0.3) is 0 Å². The fourth-order valence-corrected chi connectivity index (χ4v) is 1.94. The Kier molecular flexibility index (Phi) is 3.81. The largest absolute Gasteiger partial charge is 0.455 e. The fourth-order valence-electron chi connectivity index (χ4n) is 1.83. The van der Waals surface area contributed by atoms with Crippen LogP contribution >= 0.6 is 11.6 Å². The maximum atomic E-state index is 10.6. The smallest absolute Gasteiger partial charge is 0.271 e. The van der Waals surface area contributed by atoms with Crippen molar-refractivity contribution >= 4 is 23.0 Å². The zero-order valence-electron chi connectivity index (χ0n) is 11.0. The van der Waals surface area contributed by atoms with E-state index in [9.17, 15) is 10.1 Å². The van der Waals surface area contributed by atoms with Crippen LogP contribution in [0.4, 0.5) is 11.4 Å². The number of nitrogen functional groups attached to an aromatic ring is 1. The van der Waals surface area contributed by atoms with Crippen LogP contribution in [0.1, 0.15) is 11.1 Å². The summed E-state index contributed by atoms with van der Waals surface area (Å²) in [5, 5.41) is 11.3. The highest BCUT2D eigenvalue weighted by Crippen LogP contribution is 2.33. The first-order chi connectivity index (χ1) is 9.38. The summed E-state index contributed by atoms with van der Waals surface area (Å²) in [7, 11) is 0. The quantitative estimate of drug-likeness (QED) is 0.521. The molecule has 2 aromatic carbocycles.